The molecule has 2 heterocycles. The van der Waals surface area contributed by atoms with E-state index in [1.165, 1.54) is 0 Å². The maximum absolute atomic E-state index is 12.6. The number of hydrogen-bond acceptors (Lipinski definition) is 5. The second-order valence-electron chi connectivity index (χ2n) is 5.63. The molecule has 0 saturated carbocycles. The molecule has 0 amide bonds. The zero-order valence-electron chi connectivity index (χ0n) is 16.2. The van der Waals surface area contributed by atoms with E-state index in [1.54, 1.807) is 29.3 Å². The monoisotopic (exact) mass is 454 g/mol. The van der Waals surface area contributed by atoms with Crippen molar-refractivity contribution in [1.82, 2.24) is 9.38 Å². The van der Waals surface area contributed by atoms with Gasteiger partial charge in [-0.3, -0.25) is 15.2 Å². The molecule has 0 aliphatic carbocycles. The molecule has 9 heteroatoms. The fraction of sp³-hybridized carbons (Fsp3) is 0.250. The molecule has 3 rings (SSSR count). The third kappa shape index (κ3) is 5.81. The van der Waals surface area contributed by atoms with Gasteiger partial charge in [-0.15, -0.1) is 11.8 Å². The first-order valence-electron chi connectivity index (χ1n) is 8.85. The van der Waals surface area contributed by atoms with Gasteiger partial charge in [0.15, 0.2) is 5.82 Å². The maximum atomic E-state index is 12.6. The fourth-order valence-corrected chi connectivity index (χ4v) is 4.36. The van der Waals surface area contributed by atoms with Crippen molar-refractivity contribution in [3.05, 3.63) is 64.7 Å². The first kappa shape index (κ1) is 23.4. The molecule has 0 aliphatic rings. The zero-order chi connectivity index (χ0) is 21.6. The Bertz CT molecular complexity index is 1010. The summed E-state index contributed by atoms with van der Waals surface area (Å²) in [5, 5.41) is 14.8. The van der Waals surface area contributed by atoms with Crippen LogP contribution < -0.4 is 0 Å². The number of hydrogen-bond donors (Lipinski definition) is 2. The van der Waals surface area contributed by atoms with Crippen LogP contribution in [0.1, 0.15) is 30.9 Å². The van der Waals surface area contributed by atoms with Crippen LogP contribution in [0.4, 0.5) is 8.78 Å². The number of aryl methyl sites for hydroxylation is 1. The molecule has 154 valence electrons. The Kier molecular flexibility index (Phi) is 8.67. The van der Waals surface area contributed by atoms with Crippen molar-refractivity contribution >= 4 is 50.7 Å². The topological polar surface area (TPSA) is 65.0 Å². The van der Waals surface area contributed by atoms with E-state index in [0.29, 0.717) is 28.0 Å². The van der Waals surface area contributed by atoms with Gasteiger partial charge < -0.3 is 0 Å². The molecule has 2 aromatic heterocycles. The van der Waals surface area contributed by atoms with Crippen molar-refractivity contribution in [2.45, 2.75) is 37.8 Å². The van der Waals surface area contributed by atoms with E-state index in [2.05, 4.69) is 4.98 Å². The number of rotatable bonds is 5. The Labute approximate surface area is 182 Å². The largest absolute Gasteiger partial charge is 0.295 e. The number of imidazole rings is 1. The second-order valence-corrected chi connectivity index (χ2v) is 8.14. The van der Waals surface area contributed by atoms with Gasteiger partial charge in [0.25, 0.3) is 6.43 Å². The maximum Gasteiger partial charge on any atom is 0.285 e. The van der Waals surface area contributed by atoms with Crippen LogP contribution in [0.3, 0.4) is 0 Å². The summed E-state index contributed by atoms with van der Waals surface area (Å²) in [6.45, 7) is 5.75. The molecular weight excluding hydrogens is 434 g/mol. The third-order valence-corrected chi connectivity index (χ3v) is 5.81. The summed E-state index contributed by atoms with van der Waals surface area (Å²) >= 11 is 8.38. The van der Waals surface area contributed by atoms with Crippen molar-refractivity contribution in [2.75, 3.05) is 0 Å². The van der Waals surface area contributed by atoms with E-state index in [9.17, 15) is 8.78 Å². The molecule has 0 saturated heterocycles. The van der Waals surface area contributed by atoms with Crippen LogP contribution >= 0.6 is 35.1 Å². The van der Waals surface area contributed by atoms with Gasteiger partial charge in [-0.1, -0.05) is 55.8 Å². The van der Waals surface area contributed by atoms with Gasteiger partial charge in [-0.25, -0.2) is 13.8 Å². The first-order chi connectivity index (χ1) is 13.9. The van der Waals surface area contributed by atoms with Crippen molar-refractivity contribution < 1.29 is 8.78 Å². The van der Waals surface area contributed by atoms with Gasteiger partial charge in [0.05, 0.1) is 16.2 Å². The Morgan fingerprint density at radius 3 is 2.48 bits per heavy atom. The number of fused-ring (bicyclic) bond motifs is 1. The highest BCUT2D eigenvalue weighted by molar-refractivity contribution is 8.26. The van der Waals surface area contributed by atoms with Gasteiger partial charge in [0.2, 0.25) is 0 Å². The molecule has 0 bridgehead atoms. The average Bonchev–Trinajstić information content (AvgIpc) is 3.05. The van der Waals surface area contributed by atoms with Crippen LogP contribution in [0.15, 0.2) is 47.5 Å². The molecule has 0 spiro atoms. The molecule has 0 aliphatic heterocycles. The van der Waals surface area contributed by atoms with Gasteiger partial charge in [-0.2, -0.15) is 0 Å². The number of aromatic nitrogens is 2. The standard InChI is InChI=1S/C18H15ClF2N4S2.C2H6/c1-10-14-13(19)7-12(26-9-11-5-3-2-4-6-11)8-25(14)18(24-10)17(23)27-16(22)15(20)21;1-2/h2-8,15,22-23H,9H2,1H3;1-2H3. The average molecular weight is 455 g/mol. The van der Waals surface area contributed by atoms with Crippen molar-refractivity contribution in [1.29, 1.82) is 10.8 Å². The lowest BCUT2D eigenvalue weighted by Crippen LogP contribution is -2.10. The highest BCUT2D eigenvalue weighted by Gasteiger charge is 2.21. The summed E-state index contributed by atoms with van der Waals surface area (Å²) in [7, 11) is 0. The van der Waals surface area contributed by atoms with Crippen LogP contribution in [-0.4, -0.2) is 25.9 Å². The van der Waals surface area contributed by atoms with E-state index in [1.807, 2.05) is 50.2 Å². The van der Waals surface area contributed by atoms with E-state index in [4.69, 9.17) is 22.4 Å². The van der Waals surface area contributed by atoms with E-state index < -0.39 is 11.5 Å². The number of thioether (sulfide) groups is 2. The molecule has 0 atom stereocenters. The minimum atomic E-state index is -2.91. The number of pyridine rings is 1. The lowest BCUT2D eigenvalue weighted by molar-refractivity contribution is 0.228. The number of nitrogens with one attached hydrogen (secondary N) is 2. The second kappa shape index (κ2) is 10.8. The minimum absolute atomic E-state index is 0.196. The summed E-state index contributed by atoms with van der Waals surface area (Å²) in [4.78, 5) is 5.18. The van der Waals surface area contributed by atoms with Gasteiger partial charge in [0, 0.05) is 16.8 Å². The third-order valence-electron chi connectivity index (χ3n) is 3.70. The fourth-order valence-electron chi connectivity index (χ4n) is 2.50. The first-order valence-corrected chi connectivity index (χ1v) is 11.0. The Morgan fingerprint density at radius 2 is 1.86 bits per heavy atom. The Hall–Kier alpha value is -1.90. The van der Waals surface area contributed by atoms with Crippen molar-refractivity contribution in [3.8, 4) is 0 Å². The van der Waals surface area contributed by atoms with Crippen molar-refractivity contribution in [2.24, 2.45) is 0 Å². The molecule has 0 radical (unpaired) electrons. The van der Waals surface area contributed by atoms with Crippen LogP contribution in [-0.2, 0) is 5.75 Å². The summed E-state index contributed by atoms with van der Waals surface area (Å²) in [5.74, 6) is 0.940. The quantitative estimate of drug-likeness (QED) is 0.250. The van der Waals surface area contributed by atoms with E-state index in [-0.39, 0.29) is 10.9 Å². The van der Waals surface area contributed by atoms with Crippen LogP contribution in [0.25, 0.3) is 5.52 Å². The number of benzene rings is 1. The molecule has 29 heavy (non-hydrogen) atoms. The number of nitrogens with zero attached hydrogens (tertiary/aromatic N) is 2. The molecular formula is C20H21ClF2N4S2. The van der Waals surface area contributed by atoms with Crippen LogP contribution in [0.2, 0.25) is 5.02 Å². The number of alkyl halides is 2. The summed E-state index contributed by atoms with van der Waals surface area (Å²) in [5.41, 5.74) is 2.39. The summed E-state index contributed by atoms with van der Waals surface area (Å²) in [6, 6.07) is 11.8. The summed E-state index contributed by atoms with van der Waals surface area (Å²) < 4.78 is 26.9. The lowest BCUT2D eigenvalue weighted by atomic mass is 10.2. The molecule has 4 nitrogen and oxygen atoms in total. The minimum Gasteiger partial charge on any atom is -0.295 e. The molecule has 3 aromatic rings. The molecule has 0 unspecified atom stereocenters. The Morgan fingerprint density at radius 1 is 1.21 bits per heavy atom. The van der Waals surface area contributed by atoms with Crippen molar-refractivity contribution in [3.63, 3.8) is 0 Å². The predicted octanol–water partition coefficient (Wildman–Crippen LogP) is 6.92. The van der Waals surface area contributed by atoms with Crippen LogP contribution in [0.5, 0.6) is 0 Å². The van der Waals surface area contributed by atoms with Crippen LogP contribution in [0, 0.1) is 17.7 Å². The molecule has 0 fully saturated rings. The van der Waals surface area contributed by atoms with Gasteiger partial charge in [-0.05, 0) is 30.3 Å². The van der Waals surface area contributed by atoms with Gasteiger partial charge in [0.1, 0.15) is 10.1 Å². The lowest BCUT2D eigenvalue weighted by Gasteiger charge is -2.08. The zero-order valence-corrected chi connectivity index (χ0v) is 18.6. The smallest absolute Gasteiger partial charge is 0.285 e. The number of halogens is 3. The predicted molar refractivity (Wildman–Crippen MR) is 120 cm³/mol. The SMILES string of the molecule is CC.Cc1nc(C(=N)SC(=N)C(F)F)n2cc(SCc3ccccc3)cc(Cl)c12. The van der Waals surface area contributed by atoms with Gasteiger partial charge >= 0.3 is 0 Å². The molecule has 2 N–H and O–H groups in total. The highest BCUT2D eigenvalue weighted by atomic mass is 35.5. The normalized spacial score (nSPS) is 10.7. The highest BCUT2D eigenvalue weighted by Crippen LogP contribution is 2.31. The van der Waals surface area contributed by atoms with E-state index >= 15 is 0 Å². The van der Waals surface area contributed by atoms with E-state index in [0.717, 1.165) is 16.2 Å². The summed E-state index contributed by atoms with van der Waals surface area (Å²) in [6.07, 6.45) is -1.12. The molecule has 1 aromatic carbocycles. The Balaban J connectivity index is 0.00000145.